The lowest BCUT2D eigenvalue weighted by Crippen LogP contribution is -2.33. The first-order valence-corrected chi connectivity index (χ1v) is 9.85. The third kappa shape index (κ3) is 4.97. The van der Waals surface area contributed by atoms with Crippen molar-refractivity contribution in [2.75, 3.05) is 25.2 Å². The molecule has 1 N–H and O–H groups in total. The lowest BCUT2D eigenvalue weighted by Gasteiger charge is -2.20. The van der Waals surface area contributed by atoms with Gasteiger partial charge in [0.2, 0.25) is 5.91 Å². The smallest absolute Gasteiger partial charge is 0.311 e. The number of hydrogen-bond acceptors (Lipinski definition) is 5. The van der Waals surface area contributed by atoms with Crippen LogP contribution in [-0.4, -0.2) is 38.0 Å². The number of hydrogen-bond donors (Lipinski definition) is 1. The Bertz CT molecular complexity index is 928. The van der Waals surface area contributed by atoms with E-state index in [1.807, 2.05) is 56.3 Å². The van der Waals surface area contributed by atoms with Gasteiger partial charge in [0.15, 0.2) is 6.61 Å². The molecular weight excluding hydrogens is 384 g/mol. The van der Waals surface area contributed by atoms with Crippen LogP contribution in [-0.2, 0) is 19.1 Å². The molecule has 1 fully saturated rings. The summed E-state index contributed by atoms with van der Waals surface area (Å²) in [5.41, 5.74) is 2.57. The number of amides is 2. The van der Waals surface area contributed by atoms with Gasteiger partial charge in [-0.15, -0.1) is 0 Å². The zero-order valence-electron chi connectivity index (χ0n) is 17.4. The van der Waals surface area contributed by atoms with Gasteiger partial charge in [-0.05, 0) is 37.1 Å². The molecule has 3 rings (SSSR count). The minimum absolute atomic E-state index is 0.0396. The fourth-order valence-corrected chi connectivity index (χ4v) is 3.47. The summed E-state index contributed by atoms with van der Waals surface area (Å²) in [4.78, 5) is 38.6. The average Bonchev–Trinajstić information content (AvgIpc) is 3.14. The van der Waals surface area contributed by atoms with Gasteiger partial charge < -0.3 is 19.7 Å². The highest BCUT2D eigenvalue weighted by atomic mass is 16.5. The molecule has 158 valence electrons. The van der Waals surface area contributed by atoms with Crippen LogP contribution in [0.1, 0.15) is 30.5 Å². The third-order valence-electron chi connectivity index (χ3n) is 5.11. The Kier molecular flexibility index (Phi) is 6.72. The van der Waals surface area contributed by atoms with Crippen molar-refractivity contribution in [1.82, 2.24) is 5.32 Å². The Morgan fingerprint density at radius 3 is 2.63 bits per heavy atom. The molecule has 0 aromatic heterocycles. The molecule has 1 aliphatic heterocycles. The van der Waals surface area contributed by atoms with E-state index in [1.165, 1.54) is 12.0 Å². The minimum Gasteiger partial charge on any atom is -0.495 e. The van der Waals surface area contributed by atoms with Crippen LogP contribution in [0.5, 0.6) is 5.75 Å². The summed E-state index contributed by atoms with van der Waals surface area (Å²) in [7, 11) is 1.54. The number of esters is 1. The van der Waals surface area contributed by atoms with Gasteiger partial charge in [0.25, 0.3) is 5.91 Å². The molecule has 2 atom stereocenters. The maximum atomic E-state index is 12.5. The van der Waals surface area contributed by atoms with Gasteiger partial charge >= 0.3 is 5.97 Å². The molecule has 1 saturated heterocycles. The van der Waals surface area contributed by atoms with Crippen LogP contribution in [0.15, 0.2) is 48.5 Å². The van der Waals surface area contributed by atoms with Crippen LogP contribution in [0.2, 0.25) is 0 Å². The van der Waals surface area contributed by atoms with Crippen LogP contribution >= 0.6 is 0 Å². The largest absolute Gasteiger partial charge is 0.495 e. The first-order chi connectivity index (χ1) is 14.4. The highest BCUT2D eigenvalue weighted by molar-refractivity contribution is 6.00. The van der Waals surface area contributed by atoms with Gasteiger partial charge in [-0.1, -0.05) is 36.4 Å². The van der Waals surface area contributed by atoms with E-state index in [1.54, 1.807) is 6.07 Å². The van der Waals surface area contributed by atoms with Crippen LogP contribution in [0.25, 0.3) is 0 Å². The summed E-state index contributed by atoms with van der Waals surface area (Å²) < 4.78 is 10.5. The number of nitrogens with zero attached hydrogens (tertiary/aromatic N) is 1. The van der Waals surface area contributed by atoms with Gasteiger partial charge in [0, 0.05) is 13.0 Å². The van der Waals surface area contributed by atoms with Crippen LogP contribution < -0.4 is 15.0 Å². The fraction of sp³-hybridized carbons (Fsp3) is 0.348. The van der Waals surface area contributed by atoms with Crippen molar-refractivity contribution >= 4 is 23.5 Å². The van der Waals surface area contributed by atoms with Crippen molar-refractivity contribution in [3.05, 3.63) is 59.7 Å². The number of rotatable bonds is 7. The Labute approximate surface area is 176 Å². The number of carbonyl (C=O) groups excluding carboxylic acids is 3. The third-order valence-corrected chi connectivity index (χ3v) is 5.11. The van der Waals surface area contributed by atoms with E-state index in [2.05, 4.69) is 5.32 Å². The number of anilines is 1. The summed E-state index contributed by atoms with van der Waals surface area (Å²) in [6.45, 7) is 3.59. The zero-order chi connectivity index (χ0) is 21.7. The molecular formula is C23H26N2O5. The number of carbonyl (C=O) groups is 3. The predicted octanol–water partition coefficient (Wildman–Crippen LogP) is 2.78. The summed E-state index contributed by atoms with van der Waals surface area (Å²) in [6, 6.07) is 14.8. The van der Waals surface area contributed by atoms with Crippen molar-refractivity contribution in [2.45, 2.75) is 26.3 Å². The maximum Gasteiger partial charge on any atom is 0.311 e. The van der Waals surface area contributed by atoms with Crippen molar-refractivity contribution in [3.8, 4) is 5.75 Å². The van der Waals surface area contributed by atoms with E-state index in [4.69, 9.17) is 9.47 Å². The second kappa shape index (κ2) is 9.43. The van der Waals surface area contributed by atoms with Crippen LogP contribution in [0.4, 0.5) is 5.69 Å². The molecule has 0 bridgehead atoms. The van der Waals surface area contributed by atoms with Crippen molar-refractivity contribution < 1.29 is 23.9 Å². The highest BCUT2D eigenvalue weighted by Gasteiger charge is 2.37. The summed E-state index contributed by atoms with van der Waals surface area (Å²) >= 11 is 0. The fourth-order valence-electron chi connectivity index (χ4n) is 3.47. The Morgan fingerprint density at radius 2 is 1.93 bits per heavy atom. The molecule has 2 aromatic rings. The van der Waals surface area contributed by atoms with E-state index in [0.29, 0.717) is 11.4 Å². The Balaban J connectivity index is 1.55. The number of nitrogens with one attached hydrogen (secondary N) is 1. The van der Waals surface area contributed by atoms with Crippen LogP contribution in [0, 0.1) is 12.8 Å². The van der Waals surface area contributed by atoms with Crippen molar-refractivity contribution in [1.29, 1.82) is 0 Å². The normalized spacial score (nSPS) is 16.8. The molecule has 2 aromatic carbocycles. The van der Waals surface area contributed by atoms with Gasteiger partial charge in [-0.25, -0.2) is 0 Å². The second-order valence-corrected chi connectivity index (χ2v) is 7.39. The number of benzene rings is 2. The Hall–Kier alpha value is -3.35. The summed E-state index contributed by atoms with van der Waals surface area (Å²) in [6.07, 6.45) is 0.0396. The molecule has 2 amide bonds. The molecule has 30 heavy (non-hydrogen) atoms. The first-order valence-electron chi connectivity index (χ1n) is 9.85. The lowest BCUT2D eigenvalue weighted by atomic mass is 10.1. The number of ether oxygens (including phenoxy) is 2. The van der Waals surface area contributed by atoms with Gasteiger partial charge in [0.1, 0.15) is 5.75 Å². The Morgan fingerprint density at radius 1 is 1.20 bits per heavy atom. The molecule has 7 heteroatoms. The molecule has 0 unspecified atom stereocenters. The molecule has 7 nitrogen and oxygen atoms in total. The molecule has 0 saturated carbocycles. The topological polar surface area (TPSA) is 84.9 Å². The lowest BCUT2D eigenvalue weighted by molar-refractivity contribution is -0.152. The van der Waals surface area contributed by atoms with Crippen molar-refractivity contribution in [3.63, 3.8) is 0 Å². The molecule has 0 aliphatic carbocycles. The molecule has 1 heterocycles. The maximum absolute atomic E-state index is 12.5. The average molecular weight is 410 g/mol. The minimum atomic E-state index is -0.623. The van der Waals surface area contributed by atoms with E-state index in [0.717, 1.165) is 11.1 Å². The van der Waals surface area contributed by atoms with E-state index >= 15 is 0 Å². The van der Waals surface area contributed by atoms with E-state index in [-0.39, 0.29) is 37.4 Å². The van der Waals surface area contributed by atoms with Gasteiger partial charge in [-0.3, -0.25) is 14.4 Å². The summed E-state index contributed by atoms with van der Waals surface area (Å²) in [5, 5.41) is 2.80. The molecule has 1 aliphatic rings. The summed E-state index contributed by atoms with van der Waals surface area (Å²) in [5.74, 6) is -1.18. The van der Waals surface area contributed by atoms with Gasteiger partial charge in [-0.2, -0.15) is 0 Å². The second-order valence-electron chi connectivity index (χ2n) is 7.39. The van der Waals surface area contributed by atoms with Crippen molar-refractivity contribution in [2.24, 2.45) is 5.92 Å². The SMILES string of the molecule is COc1ccc(C)cc1N1C[C@@H](C(=O)OCC(=O)N[C@@H](C)c2ccccc2)CC1=O. The predicted molar refractivity (Wildman–Crippen MR) is 112 cm³/mol. The number of methoxy groups -OCH3 is 1. The van der Waals surface area contributed by atoms with E-state index in [9.17, 15) is 14.4 Å². The van der Waals surface area contributed by atoms with Crippen LogP contribution in [0.3, 0.4) is 0 Å². The highest BCUT2D eigenvalue weighted by Crippen LogP contribution is 2.34. The van der Waals surface area contributed by atoms with E-state index < -0.39 is 11.9 Å². The zero-order valence-corrected chi connectivity index (χ0v) is 17.4. The molecule has 0 spiro atoms. The quantitative estimate of drug-likeness (QED) is 0.710. The molecule has 0 radical (unpaired) electrons. The first kappa shape index (κ1) is 21.4. The standard InChI is InChI=1S/C23H26N2O5/c1-15-9-10-20(29-3)19(11-15)25-13-18(12-22(25)27)23(28)30-14-21(26)24-16(2)17-7-5-4-6-8-17/h4-11,16,18H,12-14H2,1-3H3,(H,24,26)/t16-,18-/m0/s1. The number of aryl methyl sites for hydroxylation is 1. The monoisotopic (exact) mass is 410 g/mol. The van der Waals surface area contributed by atoms with Gasteiger partial charge in [0.05, 0.1) is 24.8 Å².